The molecular weight excluding hydrogens is 243 g/mol. The predicted molar refractivity (Wildman–Crippen MR) is 63.0 cm³/mol. The van der Waals surface area contributed by atoms with Gasteiger partial charge in [0.2, 0.25) is 0 Å². The van der Waals surface area contributed by atoms with E-state index in [1.165, 1.54) is 0 Å². The molecule has 2 atom stereocenters. The third-order valence-corrected chi connectivity index (χ3v) is 3.05. The molecule has 1 aliphatic rings. The van der Waals surface area contributed by atoms with E-state index in [-0.39, 0.29) is 23.9 Å². The minimum atomic E-state index is -1.44. The van der Waals surface area contributed by atoms with Gasteiger partial charge in [0.05, 0.1) is 12.2 Å². The van der Waals surface area contributed by atoms with Crippen molar-refractivity contribution < 1.29 is 17.9 Å². The molecule has 1 aromatic carbocycles. The van der Waals surface area contributed by atoms with Gasteiger partial charge >= 0.3 is 0 Å². The van der Waals surface area contributed by atoms with Gasteiger partial charge in [0.15, 0.2) is 17.5 Å². The Morgan fingerprint density at radius 2 is 1.56 bits per heavy atom. The van der Waals surface area contributed by atoms with E-state index in [9.17, 15) is 13.2 Å². The normalized spacial score (nSPS) is 28.2. The molecule has 1 fully saturated rings. The Balaban J connectivity index is 2.09. The maximum atomic E-state index is 13.1. The summed E-state index contributed by atoms with van der Waals surface area (Å²) in [6, 6.07) is 2.03. The lowest BCUT2D eigenvalue weighted by atomic mass is 9.99. The van der Waals surface area contributed by atoms with E-state index >= 15 is 0 Å². The van der Waals surface area contributed by atoms with Gasteiger partial charge in [0, 0.05) is 23.9 Å². The summed E-state index contributed by atoms with van der Waals surface area (Å²) in [7, 11) is 0. The summed E-state index contributed by atoms with van der Waals surface area (Å²) in [5, 5.41) is 3.02. The number of rotatable bonds is 2. The van der Waals surface area contributed by atoms with Crippen molar-refractivity contribution in [1.29, 1.82) is 0 Å². The minimum Gasteiger partial charge on any atom is -0.382 e. The van der Waals surface area contributed by atoms with Crippen molar-refractivity contribution >= 4 is 5.69 Å². The number of hydrogen-bond donors (Lipinski definition) is 1. The van der Waals surface area contributed by atoms with Crippen LogP contribution < -0.4 is 5.32 Å². The van der Waals surface area contributed by atoms with Crippen molar-refractivity contribution in [2.24, 2.45) is 0 Å². The summed E-state index contributed by atoms with van der Waals surface area (Å²) < 4.78 is 44.5. The molecular formula is C13H16F3NO. The molecule has 0 radical (unpaired) electrons. The van der Waals surface area contributed by atoms with Crippen LogP contribution in [0, 0.1) is 17.5 Å². The molecule has 0 bridgehead atoms. The Morgan fingerprint density at radius 1 is 1.06 bits per heavy atom. The van der Waals surface area contributed by atoms with Crippen molar-refractivity contribution in [3.63, 3.8) is 0 Å². The molecule has 1 saturated heterocycles. The van der Waals surface area contributed by atoms with Gasteiger partial charge in [-0.15, -0.1) is 0 Å². The van der Waals surface area contributed by atoms with Gasteiger partial charge in [0.25, 0.3) is 0 Å². The lowest BCUT2D eigenvalue weighted by molar-refractivity contribution is -0.0337. The topological polar surface area (TPSA) is 21.3 Å². The first-order valence-corrected chi connectivity index (χ1v) is 6.02. The molecule has 1 aromatic rings. The van der Waals surface area contributed by atoms with E-state index in [4.69, 9.17) is 4.74 Å². The third kappa shape index (κ3) is 2.96. The summed E-state index contributed by atoms with van der Waals surface area (Å²) >= 11 is 0. The van der Waals surface area contributed by atoms with Gasteiger partial charge in [-0.3, -0.25) is 0 Å². The lowest BCUT2D eigenvalue weighted by Gasteiger charge is -2.33. The Bertz CT molecular complexity index is 405. The van der Waals surface area contributed by atoms with Crippen LogP contribution in [0.1, 0.15) is 26.7 Å². The number of hydrogen-bond acceptors (Lipinski definition) is 2. The van der Waals surface area contributed by atoms with Crippen LogP contribution in [0.3, 0.4) is 0 Å². The Morgan fingerprint density at radius 3 is 2.06 bits per heavy atom. The molecule has 0 aromatic heterocycles. The average Bonchev–Trinajstić information content (AvgIpc) is 2.24. The van der Waals surface area contributed by atoms with Crippen LogP contribution in [-0.2, 0) is 4.74 Å². The number of ether oxygens (including phenoxy) is 1. The summed E-state index contributed by atoms with van der Waals surface area (Å²) in [5.74, 6) is -3.79. The van der Waals surface area contributed by atoms with Crippen molar-refractivity contribution in [3.05, 3.63) is 29.6 Å². The molecule has 5 heteroatoms. The van der Waals surface area contributed by atoms with Gasteiger partial charge in [-0.1, -0.05) is 0 Å². The van der Waals surface area contributed by atoms with Gasteiger partial charge < -0.3 is 10.1 Å². The second-order valence-corrected chi connectivity index (χ2v) is 4.82. The zero-order chi connectivity index (χ0) is 13.3. The molecule has 1 heterocycles. The summed E-state index contributed by atoms with van der Waals surface area (Å²) in [4.78, 5) is 0. The van der Waals surface area contributed by atoms with E-state index in [0.29, 0.717) is 0 Å². The largest absolute Gasteiger partial charge is 0.382 e. The quantitative estimate of drug-likeness (QED) is 0.821. The van der Waals surface area contributed by atoms with Crippen LogP contribution >= 0.6 is 0 Å². The second kappa shape index (κ2) is 5.18. The molecule has 2 rings (SSSR count). The summed E-state index contributed by atoms with van der Waals surface area (Å²) in [6.07, 6.45) is 1.71. The highest BCUT2D eigenvalue weighted by atomic mass is 19.2. The van der Waals surface area contributed by atoms with Gasteiger partial charge in [0.1, 0.15) is 0 Å². The Kier molecular flexibility index (Phi) is 3.80. The van der Waals surface area contributed by atoms with Crippen molar-refractivity contribution in [1.82, 2.24) is 0 Å². The molecule has 0 amide bonds. The van der Waals surface area contributed by atoms with Crippen molar-refractivity contribution in [2.75, 3.05) is 5.32 Å². The van der Waals surface area contributed by atoms with E-state index < -0.39 is 17.5 Å². The molecule has 0 spiro atoms. The van der Waals surface area contributed by atoms with E-state index in [0.717, 1.165) is 25.0 Å². The smallest absolute Gasteiger partial charge is 0.194 e. The second-order valence-electron chi connectivity index (χ2n) is 4.82. The standard InChI is InChI=1S/C13H16F3NO/c1-7-3-9(4-8(2)18-7)17-10-5-11(14)13(16)12(15)6-10/h5-9,17H,3-4H2,1-2H3. The van der Waals surface area contributed by atoms with Gasteiger partial charge in [-0.25, -0.2) is 13.2 Å². The Hall–Kier alpha value is -1.23. The fourth-order valence-corrected chi connectivity index (χ4v) is 2.40. The maximum Gasteiger partial charge on any atom is 0.194 e. The number of benzene rings is 1. The Labute approximate surface area is 104 Å². The number of halogens is 3. The monoisotopic (exact) mass is 259 g/mol. The van der Waals surface area contributed by atoms with E-state index in [1.54, 1.807) is 0 Å². The lowest BCUT2D eigenvalue weighted by Crippen LogP contribution is -2.36. The zero-order valence-corrected chi connectivity index (χ0v) is 10.3. The molecule has 2 unspecified atom stereocenters. The molecule has 2 nitrogen and oxygen atoms in total. The first-order valence-electron chi connectivity index (χ1n) is 6.02. The average molecular weight is 259 g/mol. The summed E-state index contributed by atoms with van der Waals surface area (Å²) in [6.45, 7) is 3.91. The van der Waals surface area contributed by atoms with E-state index in [1.807, 2.05) is 13.8 Å². The minimum absolute atomic E-state index is 0.0769. The molecule has 18 heavy (non-hydrogen) atoms. The van der Waals surface area contributed by atoms with Crippen molar-refractivity contribution in [2.45, 2.75) is 44.9 Å². The SMILES string of the molecule is CC1CC(Nc2cc(F)c(F)c(F)c2)CC(C)O1. The van der Waals surface area contributed by atoms with Crippen LogP contribution in [0.4, 0.5) is 18.9 Å². The highest BCUT2D eigenvalue weighted by molar-refractivity contribution is 5.45. The number of anilines is 1. The van der Waals surface area contributed by atoms with Crippen LogP contribution in [0.25, 0.3) is 0 Å². The predicted octanol–water partition coefficient (Wildman–Crippen LogP) is 3.47. The third-order valence-electron chi connectivity index (χ3n) is 3.05. The fourth-order valence-electron chi connectivity index (χ4n) is 2.40. The number of nitrogens with one attached hydrogen (secondary N) is 1. The molecule has 1 N–H and O–H groups in total. The van der Waals surface area contributed by atoms with Crippen LogP contribution in [0.15, 0.2) is 12.1 Å². The van der Waals surface area contributed by atoms with Gasteiger partial charge in [-0.2, -0.15) is 0 Å². The molecule has 0 saturated carbocycles. The molecule has 0 aliphatic carbocycles. The first kappa shape index (κ1) is 13.2. The van der Waals surface area contributed by atoms with Gasteiger partial charge in [-0.05, 0) is 26.7 Å². The highest BCUT2D eigenvalue weighted by Gasteiger charge is 2.24. The van der Waals surface area contributed by atoms with Crippen molar-refractivity contribution in [3.8, 4) is 0 Å². The fraction of sp³-hybridized carbons (Fsp3) is 0.538. The van der Waals surface area contributed by atoms with Crippen LogP contribution in [-0.4, -0.2) is 18.2 Å². The van der Waals surface area contributed by atoms with E-state index in [2.05, 4.69) is 5.32 Å². The van der Waals surface area contributed by atoms with Crippen LogP contribution in [0.5, 0.6) is 0 Å². The maximum absolute atomic E-state index is 13.1. The molecule has 100 valence electrons. The summed E-state index contributed by atoms with van der Waals surface area (Å²) in [5.41, 5.74) is 0.262. The van der Waals surface area contributed by atoms with Crippen LogP contribution in [0.2, 0.25) is 0 Å². The highest BCUT2D eigenvalue weighted by Crippen LogP contribution is 2.24. The molecule has 1 aliphatic heterocycles. The first-order chi connectivity index (χ1) is 8.45. The zero-order valence-electron chi connectivity index (χ0n) is 10.3.